The van der Waals surface area contributed by atoms with Gasteiger partial charge in [-0.2, -0.15) is 0 Å². The van der Waals surface area contributed by atoms with Gasteiger partial charge in [0.2, 0.25) is 0 Å². The van der Waals surface area contributed by atoms with Gasteiger partial charge in [0.05, 0.1) is 11.1 Å². The van der Waals surface area contributed by atoms with Crippen LogP contribution in [0.15, 0.2) is 30.3 Å². The van der Waals surface area contributed by atoms with Crippen LogP contribution in [0.2, 0.25) is 5.02 Å². The van der Waals surface area contributed by atoms with E-state index in [0.29, 0.717) is 0 Å². The first-order valence-electron chi connectivity index (χ1n) is 6.55. The van der Waals surface area contributed by atoms with E-state index in [2.05, 4.69) is 38.2 Å². The minimum atomic E-state index is -0.378. The number of nitrogens with one attached hydrogen (secondary N) is 1. The molecule has 0 amide bonds. The maximum atomic E-state index is 13.6. The van der Waals surface area contributed by atoms with Crippen LogP contribution >= 0.6 is 22.9 Å². The lowest BCUT2D eigenvalue weighted by Gasteiger charge is -2.17. The summed E-state index contributed by atoms with van der Waals surface area (Å²) in [5.41, 5.74) is 1.02. The molecule has 0 aliphatic carbocycles. The summed E-state index contributed by atoms with van der Waals surface area (Å²) in [5, 5.41) is 3.40. The molecule has 0 aliphatic rings. The van der Waals surface area contributed by atoms with Crippen molar-refractivity contribution in [2.75, 3.05) is 7.05 Å². The van der Waals surface area contributed by atoms with Crippen LogP contribution in [-0.4, -0.2) is 7.05 Å². The number of hydrogen-bond acceptors (Lipinski definition) is 2. The van der Waals surface area contributed by atoms with Crippen molar-refractivity contribution in [2.45, 2.75) is 32.2 Å². The molecule has 0 spiro atoms. The molecule has 1 N–H and O–H groups in total. The van der Waals surface area contributed by atoms with Crippen molar-refractivity contribution < 1.29 is 4.39 Å². The zero-order chi connectivity index (χ0) is 14.9. The topological polar surface area (TPSA) is 12.0 Å². The van der Waals surface area contributed by atoms with Crippen LogP contribution in [0.1, 0.15) is 42.1 Å². The van der Waals surface area contributed by atoms with Gasteiger partial charge in [0, 0.05) is 9.75 Å². The molecule has 0 bridgehead atoms. The minimum Gasteiger partial charge on any atom is -0.309 e. The van der Waals surface area contributed by atoms with Crippen molar-refractivity contribution in [2.24, 2.45) is 0 Å². The van der Waals surface area contributed by atoms with E-state index in [4.69, 9.17) is 11.6 Å². The van der Waals surface area contributed by atoms with Crippen LogP contribution in [0.25, 0.3) is 0 Å². The number of benzene rings is 1. The molecule has 0 saturated heterocycles. The SMILES string of the molecule is CNC(c1ccc(Cl)c(F)c1)c1ccc(C(C)(C)C)s1. The first-order chi connectivity index (χ1) is 9.32. The van der Waals surface area contributed by atoms with Crippen LogP contribution < -0.4 is 5.32 Å². The van der Waals surface area contributed by atoms with Gasteiger partial charge in [0.15, 0.2) is 0 Å². The highest BCUT2D eigenvalue weighted by molar-refractivity contribution is 7.12. The normalized spacial score (nSPS) is 13.5. The second kappa shape index (κ2) is 5.84. The Morgan fingerprint density at radius 3 is 2.40 bits per heavy atom. The average Bonchev–Trinajstić information content (AvgIpc) is 2.84. The summed E-state index contributed by atoms with van der Waals surface area (Å²) in [6, 6.07) is 9.22. The lowest BCUT2D eigenvalue weighted by atomic mass is 9.95. The Kier molecular flexibility index (Phi) is 4.52. The summed E-state index contributed by atoms with van der Waals surface area (Å²) in [6.07, 6.45) is 0. The first kappa shape index (κ1) is 15.5. The maximum Gasteiger partial charge on any atom is 0.142 e. The van der Waals surface area contributed by atoms with Crippen molar-refractivity contribution >= 4 is 22.9 Å². The van der Waals surface area contributed by atoms with Crippen molar-refractivity contribution in [1.82, 2.24) is 5.32 Å². The predicted molar refractivity (Wildman–Crippen MR) is 85.3 cm³/mol. The molecule has 0 radical (unpaired) electrons. The zero-order valence-corrected chi connectivity index (χ0v) is 13.7. The quantitative estimate of drug-likeness (QED) is 0.827. The number of halogens is 2. The molecule has 20 heavy (non-hydrogen) atoms. The van der Waals surface area contributed by atoms with Gasteiger partial charge >= 0.3 is 0 Å². The van der Waals surface area contributed by atoms with Gasteiger partial charge in [-0.05, 0) is 42.3 Å². The molecule has 1 nitrogen and oxygen atoms in total. The molecular weight excluding hydrogens is 293 g/mol. The fourth-order valence-electron chi connectivity index (χ4n) is 2.08. The number of thiophene rings is 1. The smallest absolute Gasteiger partial charge is 0.142 e. The Bertz CT molecular complexity index is 601. The molecule has 0 saturated carbocycles. The summed E-state index contributed by atoms with van der Waals surface area (Å²) < 4.78 is 13.6. The fraction of sp³-hybridized carbons (Fsp3) is 0.375. The predicted octanol–water partition coefficient (Wildman–Crippen LogP) is 5.15. The average molecular weight is 312 g/mol. The molecular formula is C16H19ClFNS. The molecule has 1 atom stereocenters. The third-order valence-electron chi connectivity index (χ3n) is 3.22. The Morgan fingerprint density at radius 2 is 1.90 bits per heavy atom. The van der Waals surface area contributed by atoms with Gasteiger partial charge in [-0.1, -0.05) is 38.4 Å². The Morgan fingerprint density at radius 1 is 1.20 bits per heavy atom. The Balaban J connectivity index is 2.37. The second-order valence-corrected chi connectivity index (χ2v) is 7.37. The third-order valence-corrected chi connectivity index (χ3v) is 5.10. The van der Waals surface area contributed by atoms with E-state index < -0.39 is 0 Å². The van der Waals surface area contributed by atoms with E-state index in [9.17, 15) is 4.39 Å². The molecule has 1 unspecified atom stereocenters. The molecule has 1 aromatic heterocycles. The summed E-state index contributed by atoms with van der Waals surface area (Å²) >= 11 is 7.51. The maximum absolute atomic E-state index is 13.6. The lowest BCUT2D eigenvalue weighted by molar-refractivity contribution is 0.604. The Hall–Kier alpha value is -0.900. The monoisotopic (exact) mass is 311 g/mol. The van der Waals surface area contributed by atoms with Gasteiger partial charge in [0.25, 0.3) is 0 Å². The van der Waals surface area contributed by atoms with Crippen molar-refractivity contribution in [1.29, 1.82) is 0 Å². The van der Waals surface area contributed by atoms with Crippen LogP contribution in [-0.2, 0) is 5.41 Å². The lowest BCUT2D eigenvalue weighted by Crippen LogP contribution is -2.16. The molecule has 1 aromatic carbocycles. The van der Waals surface area contributed by atoms with Crippen LogP contribution in [0.3, 0.4) is 0 Å². The summed E-state index contributed by atoms with van der Waals surface area (Å²) in [4.78, 5) is 2.50. The largest absolute Gasteiger partial charge is 0.309 e. The molecule has 0 aliphatic heterocycles. The number of rotatable bonds is 3. The van der Waals surface area contributed by atoms with E-state index in [0.717, 1.165) is 5.56 Å². The van der Waals surface area contributed by atoms with Gasteiger partial charge in [0.1, 0.15) is 5.82 Å². The summed E-state index contributed by atoms with van der Waals surface area (Å²) in [6.45, 7) is 6.58. The standard InChI is InChI=1S/C16H19ClFNS/c1-16(2,3)14-8-7-13(20-14)15(19-4)10-5-6-11(17)12(18)9-10/h5-9,15,19H,1-4H3. The van der Waals surface area contributed by atoms with E-state index in [1.165, 1.54) is 15.8 Å². The fourth-order valence-corrected chi connectivity index (χ4v) is 3.40. The molecule has 0 fully saturated rings. The van der Waals surface area contributed by atoms with Gasteiger partial charge in [-0.3, -0.25) is 0 Å². The first-order valence-corrected chi connectivity index (χ1v) is 7.75. The third kappa shape index (κ3) is 3.22. The van der Waals surface area contributed by atoms with Crippen molar-refractivity contribution in [3.8, 4) is 0 Å². The highest BCUT2D eigenvalue weighted by Crippen LogP contribution is 2.35. The summed E-state index contributed by atoms with van der Waals surface area (Å²) in [7, 11) is 1.88. The molecule has 2 rings (SSSR count). The van der Waals surface area contributed by atoms with E-state index in [1.54, 1.807) is 17.4 Å². The highest BCUT2D eigenvalue weighted by Gasteiger charge is 2.20. The molecule has 1 heterocycles. The van der Waals surface area contributed by atoms with Crippen LogP contribution in [0.5, 0.6) is 0 Å². The van der Waals surface area contributed by atoms with Gasteiger partial charge in [-0.15, -0.1) is 11.3 Å². The minimum absolute atomic E-state index is 0.0112. The van der Waals surface area contributed by atoms with Gasteiger partial charge in [-0.25, -0.2) is 4.39 Å². The molecule has 4 heteroatoms. The van der Waals surface area contributed by atoms with Crippen molar-refractivity contribution in [3.63, 3.8) is 0 Å². The number of hydrogen-bond donors (Lipinski definition) is 1. The van der Waals surface area contributed by atoms with Crippen LogP contribution in [0.4, 0.5) is 4.39 Å². The van der Waals surface area contributed by atoms with E-state index >= 15 is 0 Å². The van der Waals surface area contributed by atoms with Crippen LogP contribution in [0, 0.1) is 5.82 Å². The zero-order valence-electron chi connectivity index (χ0n) is 12.1. The van der Waals surface area contributed by atoms with E-state index in [1.807, 2.05) is 13.1 Å². The summed E-state index contributed by atoms with van der Waals surface area (Å²) in [5.74, 6) is -0.378. The highest BCUT2D eigenvalue weighted by atomic mass is 35.5. The van der Waals surface area contributed by atoms with Crippen molar-refractivity contribution in [3.05, 3.63) is 56.5 Å². The van der Waals surface area contributed by atoms with Gasteiger partial charge < -0.3 is 5.32 Å². The Labute approximate surface area is 128 Å². The van der Waals surface area contributed by atoms with E-state index in [-0.39, 0.29) is 22.3 Å². The second-order valence-electron chi connectivity index (χ2n) is 5.85. The molecule has 2 aromatic rings. The molecule has 108 valence electrons.